The summed E-state index contributed by atoms with van der Waals surface area (Å²) in [6.45, 7) is 1.81. The number of hydrogen-bond donors (Lipinski definition) is 1. The molecule has 6 heteroatoms. The third-order valence-electron chi connectivity index (χ3n) is 1.94. The standard InChI is InChI=1S/C9H9N5O/c1-7-11-12-13-14(7)9-4-2-3-8(5-9)10-6-15/h2-6H,1H3,(H,10,15). The molecule has 0 aliphatic heterocycles. The molecule has 1 amide bonds. The molecule has 0 spiro atoms. The highest BCUT2D eigenvalue weighted by molar-refractivity contribution is 5.72. The van der Waals surface area contributed by atoms with Gasteiger partial charge in [-0.1, -0.05) is 6.07 Å². The molecule has 0 bridgehead atoms. The van der Waals surface area contributed by atoms with Crippen molar-refractivity contribution >= 4 is 12.1 Å². The Morgan fingerprint density at radius 1 is 1.47 bits per heavy atom. The zero-order chi connectivity index (χ0) is 10.7. The van der Waals surface area contributed by atoms with Crippen molar-refractivity contribution < 1.29 is 4.79 Å². The van der Waals surface area contributed by atoms with Gasteiger partial charge in [0, 0.05) is 5.69 Å². The fourth-order valence-electron chi connectivity index (χ4n) is 1.27. The molecule has 0 unspecified atom stereocenters. The van der Waals surface area contributed by atoms with E-state index < -0.39 is 0 Å². The molecule has 0 radical (unpaired) electrons. The average Bonchev–Trinajstić information content (AvgIpc) is 2.65. The Labute approximate surface area is 85.9 Å². The number of benzene rings is 1. The highest BCUT2D eigenvalue weighted by Crippen LogP contribution is 2.13. The molecular weight excluding hydrogens is 194 g/mol. The molecule has 0 saturated carbocycles. The molecule has 2 rings (SSSR count). The number of aromatic nitrogens is 4. The summed E-state index contributed by atoms with van der Waals surface area (Å²) in [7, 11) is 0. The maximum Gasteiger partial charge on any atom is 0.211 e. The number of anilines is 1. The van der Waals surface area contributed by atoms with Gasteiger partial charge in [0.25, 0.3) is 0 Å². The quantitative estimate of drug-likeness (QED) is 0.739. The Kier molecular flexibility index (Phi) is 2.40. The summed E-state index contributed by atoms with van der Waals surface area (Å²) < 4.78 is 1.59. The molecule has 6 nitrogen and oxygen atoms in total. The first-order valence-corrected chi connectivity index (χ1v) is 4.37. The summed E-state index contributed by atoms with van der Waals surface area (Å²) in [5.74, 6) is 0.693. The Morgan fingerprint density at radius 3 is 3.00 bits per heavy atom. The summed E-state index contributed by atoms with van der Waals surface area (Å²) in [6.07, 6.45) is 0.631. The minimum atomic E-state index is 0.631. The van der Waals surface area contributed by atoms with Crippen LogP contribution in [0.3, 0.4) is 0 Å². The van der Waals surface area contributed by atoms with Crippen molar-refractivity contribution in [2.45, 2.75) is 6.92 Å². The van der Waals surface area contributed by atoms with Crippen LogP contribution in [0.25, 0.3) is 5.69 Å². The summed E-state index contributed by atoms with van der Waals surface area (Å²) in [5.41, 5.74) is 1.52. The van der Waals surface area contributed by atoms with Crippen molar-refractivity contribution in [3.63, 3.8) is 0 Å². The van der Waals surface area contributed by atoms with E-state index in [9.17, 15) is 4.79 Å². The maximum absolute atomic E-state index is 10.3. The molecule has 15 heavy (non-hydrogen) atoms. The molecule has 1 heterocycles. The summed E-state index contributed by atoms with van der Waals surface area (Å²) in [4.78, 5) is 10.3. The second kappa shape index (κ2) is 3.87. The highest BCUT2D eigenvalue weighted by Gasteiger charge is 2.03. The van der Waals surface area contributed by atoms with E-state index in [0.717, 1.165) is 5.69 Å². The lowest BCUT2D eigenvalue weighted by atomic mass is 10.3. The third-order valence-corrected chi connectivity index (χ3v) is 1.94. The van der Waals surface area contributed by atoms with Crippen LogP contribution in [0.15, 0.2) is 24.3 Å². The van der Waals surface area contributed by atoms with Gasteiger partial charge >= 0.3 is 0 Å². The van der Waals surface area contributed by atoms with Gasteiger partial charge in [0.1, 0.15) is 0 Å². The van der Waals surface area contributed by atoms with E-state index in [1.165, 1.54) is 0 Å². The normalized spacial score (nSPS) is 9.93. The van der Waals surface area contributed by atoms with Gasteiger partial charge in [0.2, 0.25) is 6.41 Å². The van der Waals surface area contributed by atoms with Crippen LogP contribution in [0.5, 0.6) is 0 Å². The zero-order valence-corrected chi connectivity index (χ0v) is 8.08. The van der Waals surface area contributed by atoms with Gasteiger partial charge in [-0.2, -0.15) is 4.68 Å². The molecule has 0 saturated heterocycles. The number of carbonyl (C=O) groups excluding carboxylic acids is 1. The maximum atomic E-state index is 10.3. The molecule has 2 aromatic rings. The summed E-state index contributed by atoms with van der Waals surface area (Å²) >= 11 is 0. The van der Waals surface area contributed by atoms with Gasteiger partial charge in [-0.3, -0.25) is 4.79 Å². The monoisotopic (exact) mass is 203 g/mol. The van der Waals surface area contributed by atoms with Gasteiger partial charge in [-0.25, -0.2) is 0 Å². The van der Waals surface area contributed by atoms with Crippen molar-refractivity contribution in [1.82, 2.24) is 20.2 Å². The second-order valence-corrected chi connectivity index (χ2v) is 2.95. The summed E-state index contributed by atoms with van der Waals surface area (Å²) in [6, 6.07) is 7.26. The Bertz CT molecular complexity index is 479. The van der Waals surface area contributed by atoms with Crippen molar-refractivity contribution in [1.29, 1.82) is 0 Å². The first-order valence-electron chi connectivity index (χ1n) is 4.37. The Balaban J connectivity index is 2.41. The topological polar surface area (TPSA) is 72.7 Å². The molecular formula is C9H9N5O. The van der Waals surface area contributed by atoms with Crippen LogP contribution in [0, 0.1) is 6.92 Å². The highest BCUT2D eigenvalue weighted by atomic mass is 16.1. The number of carbonyl (C=O) groups is 1. The number of aryl methyl sites for hydroxylation is 1. The fraction of sp³-hybridized carbons (Fsp3) is 0.111. The smallest absolute Gasteiger partial charge is 0.211 e. The van der Waals surface area contributed by atoms with Gasteiger partial charge in [-0.15, -0.1) is 5.10 Å². The minimum absolute atomic E-state index is 0.631. The number of nitrogens with zero attached hydrogens (tertiary/aromatic N) is 4. The second-order valence-electron chi connectivity index (χ2n) is 2.95. The van der Waals surface area contributed by atoms with Crippen LogP contribution in [-0.4, -0.2) is 26.6 Å². The van der Waals surface area contributed by atoms with Gasteiger partial charge < -0.3 is 5.32 Å². The van der Waals surface area contributed by atoms with Crippen molar-refractivity contribution in [3.05, 3.63) is 30.1 Å². The summed E-state index contributed by atoms with van der Waals surface area (Å²) in [5, 5.41) is 13.7. The van der Waals surface area contributed by atoms with Crippen molar-refractivity contribution in [2.24, 2.45) is 0 Å². The van der Waals surface area contributed by atoms with E-state index in [0.29, 0.717) is 17.9 Å². The molecule has 0 aliphatic rings. The minimum Gasteiger partial charge on any atom is -0.329 e. The number of tetrazole rings is 1. The molecule has 0 fully saturated rings. The molecule has 1 aromatic carbocycles. The Morgan fingerprint density at radius 2 is 2.33 bits per heavy atom. The predicted molar refractivity (Wildman–Crippen MR) is 53.6 cm³/mol. The Hall–Kier alpha value is -2.24. The first-order chi connectivity index (χ1) is 7.31. The van der Waals surface area contributed by atoms with Gasteiger partial charge in [0.05, 0.1) is 5.69 Å². The predicted octanol–water partition coefficient (Wildman–Crippen LogP) is 0.539. The molecule has 76 valence electrons. The molecule has 1 N–H and O–H groups in total. The molecule has 1 aromatic heterocycles. The third kappa shape index (κ3) is 1.83. The van der Waals surface area contributed by atoms with E-state index in [2.05, 4.69) is 20.8 Å². The lowest BCUT2D eigenvalue weighted by molar-refractivity contribution is -0.105. The number of rotatable bonds is 3. The van der Waals surface area contributed by atoms with E-state index in [-0.39, 0.29) is 0 Å². The first kappa shape index (κ1) is 9.32. The lowest BCUT2D eigenvalue weighted by Gasteiger charge is -2.03. The average molecular weight is 203 g/mol. The van der Waals surface area contributed by atoms with Crippen LogP contribution in [-0.2, 0) is 4.79 Å². The van der Waals surface area contributed by atoms with Crippen LogP contribution < -0.4 is 5.32 Å². The number of hydrogen-bond acceptors (Lipinski definition) is 4. The van der Waals surface area contributed by atoms with Crippen LogP contribution in [0.1, 0.15) is 5.82 Å². The molecule has 0 atom stereocenters. The lowest BCUT2D eigenvalue weighted by Crippen LogP contribution is -2.01. The van der Waals surface area contributed by atoms with E-state index in [4.69, 9.17) is 0 Å². The zero-order valence-electron chi connectivity index (χ0n) is 8.08. The largest absolute Gasteiger partial charge is 0.329 e. The SMILES string of the molecule is Cc1nnnn1-c1cccc(NC=O)c1. The number of nitrogens with one attached hydrogen (secondary N) is 1. The van der Waals surface area contributed by atoms with E-state index in [1.54, 1.807) is 23.7 Å². The van der Waals surface area contributed by atoms with Crippen LogP contribution >= 0.6 is 0 Å². The van der Waals surface area contributed by atoms with E-state index >= 15 is 0 Å². The molecule has 0 aliphatic carbocycles. The van der Waals surface area contributed by atoms with Gasteiger partial charge in [0.15, 0.2) is 5.82 Å². The van der Waals surface area contributed by atoms with E-state index in [1.807, 2.05) is 12.1 Å². The number of amides is 1. The fourth-order valence-corrected chi connectivity index (χ4v) is 1.27. The van der Waals surface area contributed by atoms with Crippen molar-refractivity contribution in [2.75, 3.05) is 5.32 Å². The van der Waals surface area contributed by atoms with Crippen LogP contribution in [0.4, 0.5) is 5.69 Å². The van der Waals surface area contributed by atoms with Crippen LogP contribution in [0.2, 0.25) is 0 Å². The van der Waals surface area contributed by atoms with Gasteiger partial charge in [-0.05, 0) is 35.5 Å². The van der Waals surface area contributed by atoms with Crippen molar-refractivity contribution in [3.8, 4) is 5.69 Å².